The Bertz CT molecular complexity index is 397. The van der Waals surface area contributed by atoms with E-state index < -0.39 is 0 Å². The highest BCUT2D eigenvalue weighted by Crippen LogP contribution is 2.39. The fourth-order valence-corrected chi connectivity index (χ4v) is 4.35. The van der Waals surface area contributed by atoms with Crippen molar-refractivity contribution in [2.75, 3.05) is 20.1 Å². The highest BCUT2D eigenvalue weighted by molar-refractivity contribution is 5.20. The molecule has 0 spiro atoms. The van der Waals surface area contributed by atoms with E-state index in [1.54, 1.807) is 0 Å². The average Bonchev–Trinajstić information content (AvgIpc) is 3.16. The van der Waals surface area contributed by atoms with Gasteiger partial charge in [0.15, 0.2) is 0 Å². The molecule has 2 nitrogen and oxygen atoms in total. The van der Waals surface area contributed by atoms with Gasteiger partial charge in [-0.2, -0.15) is 0 Å². The Morgan fingerprint density at radius 2 is 1.85 bits per heavy atom. The van der Waals surface area contributed by atoms with Crippen LogP contribution in [0.5, 0.6) is 0 Å². The molecule has 2 unspecified atom stereocenters. The molecule has 0 radical (unpaired) electrons. The van der Waals surface area contributed by atoms with Gasteiger partial charge in [-0.05, 0) is 50.8 Å². The minimum atomic E-state index is 0.550. The number of likely N-dealkylation sites (tertiary alicyclic amines) is 1. The Kier molecular flexibility index (Phi) is 4.74. The number of benzene rings is 1. The van der Waals surface area contributed by atoms with Crippen LogP contribution in [0.3, 0.4) is 0 Å². The molecule has 0 bridgehead atoms. The van der Waals surface area contributed by atoms with E-state index in [0.717, 1.165) is 18.5 Å². The molecule has 2 aliphatic rings. The van der Waals surface area contributed by atoms with Crippen molar-refractivity contribution in [3.8, 4) is 0 Å². The molecule has 1 heterocycles. The molecule has 0 aromatic heterocycles. The maximum atomic E-state index is 3.41. The average molecular weight is 272 g/mol. The van der Waals surface area contributed by atoms with Crippen LogP contribution in [0.25, 0.3) is 0 Å². The molecule has 2 heteroatoms. The highest BCUT2D eigenvalue weighted by atomic mass is 15.2. The van der Waals surface area contributed by atoms with E-state index in [2.05, 4.69) is 47.6 Å². The van der Waals surface area contributed by atoms with Crippen LogP contribution in [0.4, 0.5) is 0 Å². The minimum Gasteiger partial charge on any atom is -0.318 e. The van der Waals surface area contributed by atoms with E-state index in [0.29, 0.717) is 6.04 Å². The molecule has 2 fully saturated rings. The SMILES string of the molecule is CNCC(c1ccccc1)N1CCCC1C1CCCC1. The second kappa shape index (κ2) is 6.73. The number of rotatable bonds is 5. The van der Waals surface area contributed by atoms with Crippen molar-refractivity contribution < 1.29 is 0 Å². The van der Waals surface area contributed by atoms with Crippen LogP contribution in [-0.2, 0) is 0 Å². The molecule has 0 amide bonds. The van der Waals surface area contributed by atoms with Gasteiger partial charge in [0.2, 0.25) is 0 Å². The summed E-state index contributed by atoms with van der Waals surface area (Å²) in [5.74, 6) is 0.959. The first kappa shape index (κ1) is 14.1. The zero-order valence-corrected chi connectivity index (χ0v) is 12.7. The lowest BCUT2D eigenvalue weighted by molar-refractivity contribution is 0.133. The van der Waals surface area contributed by atoms with Crippen molar-refractivity contribution in [1.82, 2.24) is 10.2 Å². The summed E-state index contributed by atoms with van der Waals surface area (Å²) in [4.78, 5) is 2.81. The van der Waals surface area contributed by atoms with E-state index in [-0.39, 0.29) is 0 Å². The third-order valence-electron chi connectivity index (χ3n) is 5.27. The normalized spacial score (nSPS) is 26.1. The quantitative estimate of drug-likeness (QED) is 0.881. The summed E-state index contributed by atoms with van der Waals surface area (Å²) in [6, 6.07) is 12.5. The number of nitrogens with one attached hydrogen (secondary N) is 1. The van der Waals surface area contributed by atoms with Gasteiger partial charge in [-0.3, -0.25) is 4.90 Å². The Labute approximate surface area is 123 Å². The monoisotopic (exact) mass is 272 g/mol. The first-order valence-electron chi connectivity index (χ1n) is 8.35. The standard InChI is InChI=1S/C18H28N2/c1-19-14-18(16-8-3-2-4-9-16)20-13-7-12-17(20)15-10-5-6-11-15/h2-4,8-9,15,17-19H,5-7,10-14H2,1H3. The second-order valence-corrected chi connectivity index (χ2v) is 6.48. The van der Waals surface area contributed by atoms with Crippen LogP contribution in [-0.4, -0.2) is 31.1 Å². The van der Waals surface area contributed by atoms with Gasteiger partial charge in [-0.15, -0.1) is 0 Å². The second-order valence-electron chi connectivity index (χ2n) is 6.48. The predicted octanol–water partition coefficient (Wildman–Crippen LogP) is 3.60. The van der Waals surface area contributed by atoms with Crippen molar-refractivity contribution in [2.24, 2.45) is 5.92 Å². The first-order chi connectivity index (χ1) is 9.90. The summed E-state index contributed by atoms with van der Waals surface area (Å²) >= 11 is 0. The molecule has 1 saturated heterocycles. The molecule has 20 heavy (non-hydrogen) atoms. The summed E-state index contributed by atoms with van der Waals surface area (Å²) < 4.78 is 0. The molecule has 1 aliphatic heterocycles. The molecule has 1 aliphatic carbocycles. The van der Waals surface area contributed by atoms with Crippen LogP contribution in [0.2, 0.25) is 0 Å². The van der Waals surface area contributed by atoms with Gasteiger partial charge < -0.3 is 5.32 Å². The summed E-state index contributed by atoms with van der Waals surface area (Å²) in [7, 11) is 2.08. The summed E-state index contributed by atoms with van der Waals surface area (Å²) in [5, 5.41) is 3.41. The number of hydrogen-bond acceptors (Lipinski definition) is 2. The van der Waals surface area contributed by atoms with Gasteiger partial charge in [0.05, 0.1) is 0 Å². The van der Waals surface area contributed by atoms with Gasteiger partial charge in [0.25, 0.3) is 0 Å². The largest absolute Gasteiger partial charge is 0.318 e. The zero-order chi connectivity index (χ0) is 13.8. The molecule has 1 aromatic carbocycles. The first-order valence-corrected chi connectivity index (χ1v) is 8.35. The number of likely N-dealkylation sites (N-methyl/N-ethyl adjacent to an activating group) is 1. The lowest BCUT2D eigenvalue weighted by atomic mass is 9.94. The number of nitrogens with zero attached hydrogens (tertiary/aromatic N) is 1. The molecule has 1 N–H and O–H groups in total. The minimum absolute atomic E-state index is 0.550. The van der Waals surface area contributed by atoms with Crippen LogP contribution in [0, 0.1) is 5.92 Å². The number of hydrogen-bond donors (Lipinski definition) is 1. The third kappa shape index (κ3) is 2.91. The van der Waals surface area contributed by atoms with Gasteiger partial charge in [-0.25, -0.2) is 0 Å². The lowest BCUT2D eigenvalue weighted by Gasteiger charge is -2.36. The summed E-state index contributed by atoms with van der Waals surface area (Å²) in [6.07, 6.45) is 8.63. The van der Waals surface area contributed by atoms with E-state index in [9.17, 15) is 0 Å². The van der Waals surface area contributed by atoms with E-state index in [1.807, 2.05) is 0 Å². The van der Waals surface area contributed by atoms with Crippen LogP contribution >= 0.6 is 0 Å². The summed E-state index contributed by atoms with van der Waals surface area (Å²) in [5.41, 5.74) is 1.48. The topological polar surface area (TPSA) is 15.3 Å². The van der Waals surface area contributed by atoms with Crippen molar-refractivity contribution in [3.05, 3.63) is 35.9 Å². The van der Waals surface area contributed by atoms with Gasteiger partial charge in [-0.1, -0.05) is 43.2 Å². The Balaban J connectivity index is 1.79. The van der Waals surface area contributed by atoms with E-state index >= 15 is 0 Å². The molecule has 1 saturated carbocycles. The third-order valence-corrected chi connectivity index (χ3v) is 5.27. The van der Waals surface area contributed by atoms with Crippen molar-refractivity contribution in [1.29, 1.82) is 0 Å². The van der Waals surface area contributed by atoms with Gasteiger partial charge in [0, 0.05) is 18.6 Å². The van der Waals surface area contributed by atoms with E-state index in [4.69, 9.17) is 0 Å². The van der Waals surface area contributed by atoms with E-state index in [1.165, 1.54) is 50.6 Å². The smallest absolute Gasteiger partial charge is 0.0475 e. The molecule has 110 valence electrons. The molecule has 2 atom stereocenters. The predicted molar refractivity (Wildman–Crippen MR) is 84.8 cm³/mol. The van der Waals surface area contributed by atoms with Crippen LogP contribution < -0.4 is 5.32 Å². The maximum Gasteiger partial charge on any atom is 0.0475 e. The molecule has 1 aromatic rings. The Hall–Kier alpha value is -0.860. The van der Waals surface area contributed by atoms with Crippen molar-refractivity contribution in [2.45, 2.75) is 50.6 Å². The fourth-order valence-electron chi connectivity index (χ4n) is 4.35. The zero-order valence-electron chi connectivity index (χ0n) is 12.7. The maximum absolute atomic E-state index is 3.41. The lowest BCUT2D eigenvalue weighted by Crippen LogP contribution is -2.41. The van der Waals surface area contributed by atoms with Crippen molar-refractivity contribution >= 4 is 0 Å². The van der Waals surface area contributed by atoms with Crippen LogP contribution in [0.15, 0.2) is 30.3 Å². The van der Waals surface area contributed by atoms with Gasteiger partial charge >= 0.3 is 0 Å². The Morgan fingerprint density at radius 3 is 2.55 bits per heavy atom. The Morgan fingerprint density at radius 1 is 1.10 bits per heavy atom. The molecular formula is C18H28N2. The van der Waals surface area contributed by atoms with Crippen molar-refractivity contribution in [3.63, 3.8) is 0 Å². The van der Waals surface area contributed by atoms with Crippen LogP contribution in [0.1, 0.15) is 50.1 Å². The molecular weight excluding hydrogens is 244 g/mol. The fraction of sp³-hybridized carbons (Fsp3) is 0.667. The van der Waals surface area contributed by atoms with Gasteiger partial charge in [0.1, 0.15) is 0 Å². The summed E-state index contributed by atoms with van der Waals surface area (Å²) in [6.45, 7) is 2.34. The molecule has 3 rings (SSSR count). The highest BCUT2D eigenvalue weighted by Gasteiger charge is 2.36.